The van der Waals surface area contributed by atoms with Gasteiger partial charge in [-0.1, -0.05) is 13.8 Å². The number of nitrogens with zero attached hydrogens (tertiary/aromatic N) is 1. The van der Waals surface area contributed by atoms with Crippen LogP contribution in [0.5, 0.6) is 0 Å². The number of amides is 2. The van der Waals surface area contributed by atoms with Crippen molar-refractivity contribution in [3.05, 3.63) is 24.2 Å². The lowest BCUT2D eigenvalue weighted by Gasteiger charge is -2.17. The molecule has 24 heavy (non-hydrogen) atoms. The van der Waals surface area contributed by atoms with Crippen LogP contribution in [-0.2, 0) is 20.9 Å². The molecule has 132 valence electrons. The van der Waals surface area contributed by atoms with Crippen LogP contribution >= 0.6 is 0 Å². The van der Waals surface area contributed by atoms with Gasteiger partial charge in [0, 0.05) is 19.5 Å². The van der Waals surface area contributed by atoms with Crippen LogP contribution in [0.3, 0.4) is 0 Å². The minimum Gasteiger partial charge on any atom is -0.481 e. The normalized spacial score (nSPS) is 18.9. The number of likely N-dealkylation sites (tertiary alicyclic amines) is 1. The average molecular weight is 336 g/mol. The first-order valence-electron chi connectivity index (χ1n) is 8.17. The van der Waals surface area contributed by atoms with Gasteiger partial charge in [-0.25, -0.2) is 0 Å². The van der Waals surface area contributed by atoms with Crippen molar-refractivity contribution in [2.24, 2.45) is 17.8 Å². The standard InChI is InChI=1S/C17H24N2O5/c1-11(2)6-12(17(22)23)8-18-16(21)13-7-15(20)19(9-13)10-14-4-3-5-24-14/h3-5,11-13H,6-10H2,1-2H3,(H,18,21)(H,22,23). The van der Waals surface area contributed by atoms with Gasteiger partial charge in [0.1, 0.15) is 5.76 Å². The molecule has 0 spiro atoms. The molecule has 2 N–H and O–H groups in total. The SMILES string of the molecule is CC(C)CC(CNC(=O)C1CC(=O)N(Cc2ccco2)C1)C(=O)O. The number of rotatable bonds is 8. The molecule has 2 rings (SSSR count). The van der Waals surface area contributed by atoms with E-state index in [0.717, 1.165) is 0 Å². The maximum atomic E-state index is 12.2. The molecule has 0 aromatic carbocycles. The Morgan fingerprint density at radius 3 is 2.79 bits per heavy atom. The molecule has 2 atom stereocenters. The Balaban J connectivity index is 1.84. The Hall–Kier alpha value is -2.31. The first kappa shape index (κ1) is 18.0. The van der Waals surface area contributed by atoms with Crippen LogP contribution < -0.4 is 5.32 Å². The van der Waals surface area contributed by atoms with E-state index in [1.54, 1.807) is 23.3 Å². The molecule has 0 aliphatic carbocycles. The molecule has 0 radical (unpaired) electrons. The molecule has 7 nitrogen and oxygen atoms in total. The Bertz CT molecular complexity index is 582. The van der Waals surface area contributed by atoms with Gasteiger partial charge in [-0.3, -0.25) is 14.4 Å². The number of hydrogen-bond acceptors (Lipinski definition) is 4. The number of carboxylic acids is 1. The minimum atomic E-state index is -0.911. The van der Waals surface area contributed by atoms with E-state index in [9.17, 15) is 19.5 Å². The van der Waals surface area contributed by atoms with E-state index < -0.39 is 17.8 Å². The number of nitrogens with one attached hydrogen (secondary N) is 1. The van der Waals surface area contributed by atoms with Crippen LogP contribution in [0.15, 0.2) is 22.8 Å². The number of furan rings is 1. The van der Waals surface area contributed by atoms with Crippen molar-refractivity contribution in [2.45, 2.75) is 33.2 Å². The third-order valence-electron chi connectivity index (χ3n) is 4.14. The quantitative estimate of drug-likeness (QED) is 0.749. The predicted molar refractivity (Wildman–Crippen MR) is 85.8 cm³/mol. The summed E-state index contributed by atoms with van der Waals surface area (Å²) in [6.45, 7) is 4.66. The lowest BCUT2D eigenvalue weighted by molar-refractivity contribution is -0.142. The predicted octanol–water partition coefficient (Wildman–Crippen LogP) is 1.49. The maximum Gasteiger partial charge on any atom is 0.308 e. The fourth-order valence-corrected chi connectivity index (χ4v) is 2.90. The first-order valence-corrected chi connectivity index (χ1v) is 8.17. The number of carbonyl (C=O) groups excluding carboxylic acids is 2. The third-order valence-corrected chi connectivity index (χ3v) is 4.14. The Labute approximate surface area is 141 Å². The highest BCUT2D eigenvalue weighted by molar-refractivity contribution is 5.89. The molecule has 0 bridgehead atoms. The molecule has 1 aliphatic heterocycles. The molecular weight excluding hydrogens is 312 g/mol. The third kappa shape index (κ3) is 4.84. The van der Waals surface area contributed by atoms with Crippen LogP contribution in [0.25, 0.3) is 0 Å². The summed E-state index contributed by atoms with van der Waals surface area (Å²) >= 11 is 0. The summed E-state index contributed by atoms with van der Waals surface area (Å²) < 4.78 is 5.22. The Morgan fingerprint density at radius 2 is 2.21 bits per heavy atom. The summed E-state index contributed by atoms with van der Waals surface area (Å²) in [4.78, 5) is 37.1. The fourth-order valence-electron chi connectivity index (χ4n) is 2.90. The second-order valence-corrected chi connectivity index (χ2v) is 6.66. The zero-order valence-electron chi connectivity index (χ0n) is 14.0. The molecule has 0 saturated carbocycles. The Morgan fingerprint density at radius 1 is 1.46 bits per heavy atom. The molecule has 2 unspecified atom stereocenters. The van der Waals surface area contributed by atoms with E-state index in [-0.39, 0.29) is 30.7 Å². The average Bonchev–Trinajstić information content (AvgIpc) is 3.13. The van der Waals surface area contributed by atoms with Crippen molar-refractivity contribution in [1.29, 1.82) is 0 Å². The molecule has 1 saturated heterocycles. The number of carboxylic acid groups (broad SMARTS) is 1. The van der Waals surface area contributed by atoms with Crippen molar-refractivity contribution in [3.8, 4) is 0 Å². The Kier molecular flexibility index (Phi) is 6.00. The van der Waals surface area contributed by atoms with Crippen molar-refractivity contribution in [3.63, 3.8) is 0 Å². The summed E-state index contributed by atoms with van der Waals surface area (Å²) in [6, 6.07) is 3.53. The van der Waals surface area contributed by atoms with Gasteiger partial charge in [0.25, 0.3) is 0 Å². The summed E-state index contributed by atoms with van der Waals surface area (Å²) in [5, 5.41) is 11.9. The van der Waals surface area contributed by atoms with E-state index in [2.05, 4.69) is 5.32 Å². The summed E-state index contributed by atoms with van der Waals surface area (Å²) in [7, 11) is 0. The van der Waals surface area contributed by atoms with Crippen LogP contribution in [-0.4, -0.2) is 40.9 Å². The van der Waals surface area contributed by atoms with Crippen molar-refractivity contribution in [1.82, 2.24) is 10.2 Å². The van der Waals surface area contributed by atoms with Gasteiger partial charge in [0.2, 0.25) is 11.8 Å². The highest BCUT2D eigenvalue weighted by Crippen LogP contribution is 2.21. The largest absolute Gasteiger partial charge is 0.481 e. The zero-order chi connectivity index (χ0) is 17.7. The van der Waals surface area contributed by atoms with Gasteiger partial charge < -0.3 is 19.7 Å². The lowest BCUT2D eigenvalue weighted by atomic mass is 9.97. The maximum absolute atomic E-state index is 12.2. The summed E-state index contributed by atoms with van der Waals surface area (Å²) in [5.41, 5.74) is 0. The van der Waals surface area contributed by atoms with E-state index in [1.165, 1.54) is 0 Å². The molecule has 2 amide bonds. The van der Waals surface area contributed by atoms with E-state index in [1.807, 2.05) is 13.8 Å². The van der Waals surface area contributed by atoms with Gasteiger partial charge in [0.15, 0.2) is 0 Å². The molecule has 2 heterocycles. The molecular formula is C17H24N2O5. The molecule has 7 heteroatoms. The van der Waals surface area contributed by atoms with Gasteiger partial charge in [-0.2, -0.15) is 0 Å². The van der Waals surface area contributed by atoms with Crippen LogP contribution in [0.2, 0.25) is 0 Å². The summed E-state index contributed by atoms with van der Waals surface area (Å²) in [6.07, 6.45) is 2.19. The van der Waals surface area contributed by atoms with Gasteiger partial charge >= 0.3 is 5.97 Å². The van der Waals surface area contributed by atoms with Crippen molar-refractivity contribution in [2.75, 3.05) is 13.1 Å². The summed E-state index contributed by atoms with van der Waals surface area (Å²) in [5.74, 6) is -1.41. The fraction of sp³-hybridized carbons (Fsp3) is 0.588. The highest BCUT2D eigenvalue weighted by atomic mass is 16.4. The highest BCUT2D eigenvalue weighted by Gasteiger charge is 2.35. The lowest BCUT2D eigenvalue weighted by Crippen LogP contribution is -2.38. The topological polar surface area (TPSA) is 99.9 Å². The molecule has 1 aromatic rings. The first-order chi connectivity index (χ1) is 11.4. The van der Waals surface area contributed by atoms with E-state index in [4.69, 9.17) is 4.42 Å². The number of aliphatic carboxylic acids is 1. The van der Waals surface area contributed by atoms with Crippen LogP contribution in [0.4, 0.5) is 0 Å². The second kappa shape index (κ2) is 7.99. The van der Waals surface area contributed by atoms with Gasteiger partial charge in [-0.05, 0) is 24.5 Å². The molecule has 1 aliphatic rings. The second-order valence-electron chi connectivity index (χ2n) is 6.66. The molecule has 1 fully saturated rings. The van der Waals surface area contributed by atoms with Crippen LogP contribution in [0.1, 0.15) is 32.4 Å². The number of hydrogen-bond donors (Lipinski definition) is 2. The van der Waals surface area contributed by atoms with E-state index >= 15 is 0 Å². The monoisotopic (exact) mass is 336 g/mol. The van der Waals surface area contributed by atoms with Crippen LogP contribution in [0, 0.1) is 17.8 Å². The zero-order valence-corrected chi connectivity index (χ0v) is 14.0. The minimum absolute atomic E-state index is 0.0925. The van der Waals surface area contributed by atoms with Crippen molar-refractivity contribution >= 4 is 17.8 Å². The molecule has 1 aromatic heterocycles. The number of carbonyl (C=O) groups is 3. The smallest absolute Gasteiger partial charge is 0.308 e. The van der Waals surface area contributed by atoms with Gasteiger partial charge in [0.05, 0.1) is 24.6 Å². The van der Waals surface area contributed by atoms with Gasteiger partial charge in [-0.15, -0.1) is 0 Å². The van der Waals surface area contributed by atoms with Crippen molar-refractivity contribution < 1.29 is 23.9 Å². The van der Waals surface area contributed by atoms with E-state index in [0.29, 0.717) is 25.3 Å².